The van der Waals surface area contributed by atoms with E-state index in [1.54, 1.807) is 19.5 Å². The summed E-state index contributed by atoms with van der Waals surface area (Å²) in [6.45, 7) is 3.02. The summed E-state index contributed by atoms with van der Waals surface area (Å²) in [5.41, 5.74) is 5.76. The average Bonchev–Trinajstić information content (AvgIpc) is 3.21. The van der Waals surface area contributed by atoms with Crippen LogP contribution >= 0.6 is 0 Å². The lowest BCUT2D eigenvalue weighted by Gasteiger charge is -2.22. The van der Waals surface area contributed by atoms with Gasteiger partial charge < -0.3 is 14.4 Å². The van der Waals surface area contributed by atoms with Crippen LogP contribution in [0.3, 0.4) is 0 Å². The zero-order valence-corrected chi connectivity index (χ0v) is 16.4. The van der Waals surface area contributed by atoms with E-state index in [1.165, 1.54) is 11.3 Å². The van der Waals surface area contributed by atoms with E-state index in [0.29, 0.717) is 0 Å². The second-order valence-electron chi connectivity index (χ2n) is 7.09. The van der Waals surface area contributed by atoms with E-state index in [9.17, 15) is 0 Å². The minimum atomic E-state index is 0.728. The molecule has 2 aromatic carbocycles. The van der Waals surface area contributed by atoms with Crippen LogP contribution in [-0.2, 0) is 6.42 Å². The molecule has 0 saturated heterocycles. The van der Waals surface area contributed by atoms with Crippen molar-refractivity contribution in [1.29, 1.82) is 0 Å². The number of rotatable bonds is 4. The Kier molecular flexibility index (Phi) is 4.28. The molecular formula is C24H21N3O2. The summed E-state index contributed by atoms with van der Waals surface area (Å²) in [6.07, 6.45) is 4.42. The van der Waals surface area contributed by atoms with Gasteiger partial charge in [0.2, 0.25) is 0 Å². The highest BCUT2D eigenvalue weighted by Gasteiger charge is 2.26. The quantitative estimate of drug-likeness (QED) is 0.470. The van der Waals surface area contributed by atoms with Crippen molar-refractivity contribution in [3.63, 3.8) is 0 Å². The van der Waals surface area contributed by atoms with Crippen LogP contribution in [0.4, 0.5) is 11.4 Å². The molecule has 29 heavy (non-hydrogen) atoms. The number of hydrogen-bond donors (Lipinski definition) is 0. The molecule has 1 aliphatic rings. The van der Waals surface area contributed by atoms with Crippen molar-refractivity contribution in [2.45, 2.75) is 13.3 Å². The van der Waals surface area contributed by atoms with Gasteiger partial charge in [0.15, 0.2) is 0 Å². The molecule has 5 heteroatoms. The van der Waals surface area contributed by atoms with Crippen LogP contribution in [-0.4, -0.2) is 23.6 Å². The average molecular weight is 383 g/mol. The molecule has 0 amide bonds. The van der Waals surface area contributed by atoms with Gasteiger partial charge in [-0.1, -0.05) is 0 Å². The van der Waals surface area contributed by atoms with Gasteiger partial charge in [0.25, 0.3) is 0 Å². The van der Waals surface area contributed by atoms with E-state index in [0.717, 1.165) is 52.5 Å². The zero-order valence-electron chi connectivity index (χ0n) is 16.4. The van der Waals surface area contributed by atoms with Crippen LogP contribution in [0, 0.1) is 6.92 Å². The van der Waals surface area contributed by atoms with Crippen molar-refractivity contribution in [3.8, 4) is 17.2 Å². The lowest BCUT2D eigenvalue weighted by atomic mass is 10.1. The SMILES string of the molecule is COc1ccc2nc(C)c3c(c2c1)N(c1ccc(Oc2cccnc2)cc1)CC3. The lowest BCUT2D eigenvalue weighted by Crippen LogP contribution is -2.13. The van der Waals surface area contributed by atoms with Crippen molar-refractivity contribution in [2.75, 3.05) is 18.6 Å². The number of hydrogen-bond acceptors (Lipinski definition) is 5. The number of methoxy groups -OCH3 is 1. The van der Waals surface area contributed by atoms with E-state index < -0.39 is 0 Å². The summed E-state index contributed by atoms with van der Waals surface area (Å²) >= 11 is 0. The van der Waals surface area contributed by atoms with Crippen LogP contribution in [0.2, 0.25) is 0 Å². The minimum Gasteiger partial charge on any atom is -0.497 e. The number of ether oxygens (including phenoxy) is 2. The summed E-state index contributed by atoms with van der Waals surface area (Å²) in [7, 11) is 1.70. The molecule has 0 radical (unpaired) electrons. The highest BCUT2D eigenvalue weighted by molar-refractivity contribution is 5.98. The Balaban J connectivity index is 1.53. The second-order valence-corrected chi connectivity index (χ2v) is 7.09. The molecule has 0 atom stereocenters. The molecule has 1 aliphatic heterocycles. The molecule has 0 saturated carbocycles. The van der Waals surface area contributed by atoms with Crippen LogP contribution in [0.15, 0.2) is 67.0 Å². The molecule has 0 N–H and O–H groups in total. The summed E-state index contributed by atoms with van der Waals surface area (Å²) in [5, 5.41) is 1.12. The Labute approximate surface area is 169 Å². The molecular weight excluding hydrogens is 362 g/mol. The van der Waals surface area contributed by atoms with Crippen molar-refractivity contribution in [2.24, 2.45) is 0 Å². The summed E-state index contributed by atoms with van der Waals surface area (Å²) < 4.78 is 11.3. The van der Waals surface area contributed by atoms with Gasteiger partial charge in [0.1, 0.15) is 17.2 Å². The Morgan fingerprint density at radius 3 is 2.55 bits per heavy atom. The monoisotopic (exact) mass is 383 g/mol. The van der Waals surface area contributed by atoms with E-state index in [2.05, 4.69) is 35.0 Å². The number of benzene rings is 2. The molecule has 0 aliphatic carbocycles. The number of anilines is 2. The first kappa shape index (κ1) is 17.5. The highest BCUT2D eigenvalue weighted by Crippen LogP contribution is 2.42. The van der Waals surface area contributed by atoms with Gasteiger partial charge in [-0.2, -0.15) is 0 Å². The third-order valence-corrected chi connectivity index (χ3v) is 5.34. The first-order chi connectivity index (χ1) is 14.2. The van der Waals surface area contributed by atoms with E-state index >= 15 is 0 Å². The Morgan fingerprint density at radius 1 is 0.966 bits per heavy atom. The maximum atomic E-state index is 5.88. The van der Waals surface area contributed by atoms with Gasteiger partial charge in [-0.15, -0.1) is 0 Å². The number of nitrogens with zero attached hydrogens (tertiary/aromatic N) is 3. The molecule has 0 spiro atoms. The number of pyridine rings is 2. The van der Waals surface area contributed by atoms with Crippen molar-refractivity contribution in [1.82, 2.24) is 9.97 Å². The minimum absolute atomic E-state index is 0.728. The Bertz CT molecular complexity index is 1170. The van der Waals surface area contributed by atoms with Gasteiger partial charge in [-0.3, -0.25) is 9.97 Å². The second kappa shape index (κ2) is 7.09. The molecule has 4 aromatic rings. The van der Waals surface area contributed by atoms with Crippen molar-refractivity contribution < 1.29 is 9.47 Å². The van der Waals surface area contributed by atoms with Gasteiger partial charge in [-0.25, -0.2) is 0 Å². The predicted molar refractivity (Wildman–Crippen MR) is 114 cm³/mol. The lowest BCUT2D eigenvalue weighted by molar-refractivity contribution is 0.415. The van der Waals surface area contributed by atoms with Crippen LogP contribution < -0.4 is 14.4 Å². The largest absolute Gasteiger partial charge is 0.497 e. The maximum absolute atomic E-state index is 5.88. The van der Waals surface area contributed by atoms with Gasteiger partial charge in [-0.05, 0) is 73.5 Å². The molecule has 2 aromatic heterocycles. The summed E-state index contributed by atoms with van der Waals surface area (Å²) in [6, 6.07) is 18.0. The predicted octanol–water partition coefficient (Wildman–Crippen LogP) is 5.43. The summed E-state index contributed by atoms with van der Waals surface area (Å²) in [4.78, 5) is 11.3. The Hall–Kier alpha value is -3.60. The van der Waals surface area contributed by atoms with Crippen LogP contribution in [0.1, 0.15) is 11.3 Å². The molecule has 5 nitrogen and oxygen atoms in total. The molecule has 0 unspecified atom stereocenters. The highest BCUT2D eigenvalue weighted by atomic mass is 16.5. The van der Waals surface area contributed by atoms with E-state index in [1.807, 2.05) is 36.4 Å². The topological polar surface area (TPSA) is 47.5 Å². The van der Waals surface area contributed by atoms with Crippen molar-refractivity contribution in [3.05, 3.63) is 78.2 Å². The maximum Gasteiger partial charge on any atom is 0.145 e. The summed E-state index contributed by atoms with van der Waals surface area (Å²) in [5.74, 6) is 2.36. The van der Waals surface area contributed by atoms with Gasteiger partial charge in [0, 0.05) is 29.5 Å². The molecule has 0 fully saturated rings. The number of aromatic nitrogens is 2. The molecule has 144 valence electrons. The first-order valence-electron chi connectivity index (χ1n) is 9.65. The number of aryl methyl sites for hydroxylation is 1. The molecule has 0 bridgehead atoms. The third-order valence-electron chi connectivity index (χ3n) is 5.34. The number of fused-ring (bicyclic) bond motifs is 3. The first-order valence-corrected chi connectivity index (χ1v) is 9.65. The third kappa shape index (κ3) is 3.14. The smallest absolute Gasteiger partial charge is 0.145 e. The van der Waals surface area contributed by atoms with Crippen molar-refractivity contribution >= 4 is 22.3 Å². The fourth-order valence-corrected chi connectivity index (χ4v) is 3.95. The van der Waals surface area contributed by atoms with Gasteiger partial charge >= 0.3 is 0 Å². The standard InChI is InChI=1S/C24H21N3O2/c1-16-21-11-13-27(24(21)22-14-19(28-2)9-10-23(22)26-16)17-5-7-18(8-6-17)29-20-4-3-12-25-15-20/h3-10,12,14-15H,11,13H2,1-2H3. The van der Waals surface area contributed by atoms with Gasteiger partial charge in [0.05, 0.1) is 24.5 Å². The fraction of sp³-hybridized carbons (Fsp3) is 0.167. The molecule has 3 heterocycles. The zero-order chi connectivity index (χ0) is 19.8. The van der Waals surface area contributed by atoms with Crippen LogP contribution in [0.5, 0.6) is 17.2 Å². The van der Waals surface area contributed by atoms with E-state index in [4.69, 9.17) is 14.5 Å². The Morgan fingerprint density at radius 2 is 1.79 bits per heavy atom. The fourth-order valence-electron chi connectivity index (χ4n) is 3.95. The van der Waals surface area contributed by atoms with E-state index in [-0.39, 0.29) is 0 Å². The van der Waals surface area contributed by atoms with Crippen LogP contribution in [0.25, 0.3) is 10.9 Å². The normalized spacial score (nSPS) is 12.8. The molecule has 5 rings (SSSR count).